The minimum Gasteiger partial charge on any atom is -0.382 e. The van der Waals surface area contributed by atoms with Gasteiger partial charge in [0.25, 0.3) is 0 Å². The normalized spacial score (nSPS) is 10.7. The lowest BCUT2D eigenvalue weighted by Crippen LogP contribution is -1.88. The zero-order valence-electron chi connectivity index (χ0n) is 10.4. The van der Waals surface area contributed by atoms with Crippen LogP contribution in [0, 0.1) is 0 Å². The van der Waals surface area contributed by atoms with E-state index in [1.165, 1.54) is 0 Å². The molecule has 0 amide bonds. The molecule has 0 bridgehead atoms. The van der Waals surface area contributed by atoms with E-state index in [1.807, 2.05) is 48.5 Å². The summed E-state index contributed by atoms with van der Waals surface area (Å²) < 4.78 is 0.837. The fraction of sp³-hybridized carbons (Fsp3) is 0. The van der Waals surface area contributed by atoms with Crippen molar-refractivity contribution in [3.63, 3.8) is 0 Å². The van der Waals surface area contributed by atoms with Crippen LogP contribution in [0.4, 0.5) is 5.82 Å². The van der Waals surface area contributed by atoms with Gasteiger partial charge in [-0.3, -0.25) is 5.10 Å². The van der Waals surface area contributed by atoms with Gasteiger partial charge in [-0.1, -0.05) is 48.0 Å². The zero-order chi connectivity index (χ0) is 14.1. The van der Waals surface area contributed by atoms with Crippen LogP contribution in [0.3, 0.4) is 0 Å². The van der Waals surface area contributed by atoms with Crippen LogP contribution in [-0.2, 0) is 0 Å². The van der Waals surface area contributed by atoms with Gasteiger partial charge in [0.05, 0.1) is 16.3 Å². The topological polar surface area (TPSA) is 54.7 Å². The van der Waals surface area contributed by atoms with Crippen molar-refractivity contribution in [3.05, 3.63) is 58.0 Å². The van der Waals surface area contributed by atoms with E-state index in [2.05, 4.69) is 26.1 Å². The first kappa shape index (κ1) is 13.2. The Bertz CT molecular complexity index is 753. The van der Waals surface area contributed by atoms with Crippen LogP contribution in [-0.4, -0.2) is 10.2 Å². The summed E-state index contributed by atoms with van der Waals surface area (Å²) in [6, 6.07) is 15.7. The molecule has 1 heterocycles. The summed E-state index contributed by atoms with van der Waals surface area (Å²) in [6.45, 7) is 0. The van der Waals surface area contributed by atoms with Crippen molar-refractivity contribution in [2.45, 2.75) is 0 Å². The number of nitrogen functional groups attached to an aromatic ring is 1. The van der Waals surface area contributed by atoms with E-state index in [4.69, 9.17) is 17.3 Å². The molecule has 0 fully saturated rings. The van der Waals surface area contributed by atoms with Crippen LogP contribution in [0.5, 0.6) is 0 Å². The first-order valence-corrected chi connectivity index (χ1v) is 7.18. The number of benzene rings is 2. The second kappa shape index (κ2) is 5.31. The Hall–Kier alpha value is -1.78. The van der Waals surface area contributed by atoms with Gasteiger partial charge in [-0.2, -0.15) is 5.10 Å². The minimum absolute atomic E-state index is 0.484. The highest BCUT2D eigenvalue weighted by atomic mass is 79.9. The molecule has 0 aliphatic carbocycles. The molecule has 0 saturated heterocycles. The number of halogens is 2. The second-order valence-electron chi connectivity index (χ2n) is 4.35. The lowest BCUT2D eigenvalue weighted by atomic mass is 10.0. The van der Waals surface area contributed by atoms with Crippen LogP contribution >= 0.6 is 27.5 Å². The molecule has 1 aromatic heterocycles. The molecule has 5 heteroatoms. The molecule has 3 aromatic rings. The van der Waals surface area contributed by atoms with Gasteiger partial charge in [-0.15, -0.1) is 0 Å². The first-order chi connectivity index (χ1) is 9.66. The van der Waals surface area contributed by atoms with Crippen molar-refractivity contribution in [2.75, 3.05) is 5.73 Å². The zero-order valence-corrected chi connectivity index (χ0v) is 12.7. The fourth-order valence-electron chi connectivity index (χ4n) is 2.11. The molecule has 0 aliphatic heterocycles. The summed E-state index contributed by atoms with van der Waals surface area (Å²) in [6.07, 6.45) is 0. The Morgan fingerprint density at radius 1 is 1.05 bits per heavy atom. The van der Waals surface area contributed by atoms with Gasteiger partial charge in [0.15, 0.2) is 5.82 Å². The lowest BCUT2D eigenvalue weighted by molar-refractivity contribution is 1.10. The molecule has 3 N–H and O–H groups in total. The average Bonchev–Trinajstić information content (AvgIpc) is 2.85. The average molecular weight is 349 g/mol. The summed E-state index contributed by atoms with van der Waals surface area (Å²) in [4.78, 5) is 0. The van der Waals surface area contributed by atoms with E-state index in [-0.39, 0.29) is 0 Å². The van der Waals surface area contributed by atoms with Gasteiger partial charge in [0.2, 0.25) is 0 Å². The lowest BCUT2D eigenvalue weighted by Gasteiger charge is -2.06. The van der Waals surface area contributed by atoms with Gasteiger partial charge < -0.3 is 5.73 Å². The highest BCUT2D eigenvalue weighted by Gasteiger charge is 2.15. The highest BCUT2D eigenvalue weighted by Crippen LogP contribution is 2.36. The predicted molar refractivity (Wildman–Crippen MR) is 86.6 cm³/mol. The van der Waals surface area contributed by atoms with E-state index in [0.717, 1.165) is 26.9 Å². The second-order valence-corrected chi connectivity index (χ2v) is 5.62. The van der Waals surface area contributed by atoms with Gasteiger partial charge in [-0.25, -0.2) is 0 Å². The number of hydrogen-bond acceptors (Lipinski definition) is 2. The molecule has 0 spiro atoms. The standard InChI is InChI=1S/C15H11BrClN3/c16-11-8-10(6-7-12(11)17)14-13(15(18)20-19-14)9-4-2-1-3-5-9/h1-8H,(H3,18,19,20). The number of aromatic amines is 1. The van der Waals surface area contributed by atoms with Crippen molar-refractivity contribution < 1.29 is 0 Å². The third kappa shape index (κ3) is 2.32. The van der Waals surface area contributed by atoms with Gasteiger partial charge in [-0.05, 0) is 33.6 Å². The molecule has 3 nitrogen and oxygen atoms in total. The molecule has 2 aromatic carbocycles. The van der Waals surface area contributed by atoms with Gasteiger partial charge in [0.1, 0.15) is 0 Å². The van der Waals surface area contributed by atoms with Crippen molar-refractivity contribution in [3.8, 4) is 22.4 Å². The number of rotatable bonds is 2. The summed E-state index contributed by atoms with van der Waals surface area (Å²) in [5, 5.41) is 7.79. The summed E-state index contributed by atoms with van der Waals surface area (Å²) >= 11 is 9.47. The quantitative estimate of drug-likeness (QED) is 0.702. The number of nitrogens with zero attached hydrogens (tertiary/aromatic N) is 1. The van der Waals surface area contributed by atoms with Crippen LogP contribution in [0.2, 0.25) is 5.02 Å². The maximum atomic E-state index is 6.03. The van der Waals surface area contributed by atoms with E-state index >= 15 is 0 Å². The Kier molecular flexibility index (Phi) is 3.51. The predicted octanol–water partition coefficient (Wildman–Crippen LogP) is 4.74. The SMILES string of the molecule is Nc1n[nH]c(-c2ccc(Cl)c(Br)c2)c1-c1ccccc1. The summed E-state index contributed by atoms with van der Waals surface area (Å²) in [7, 11) is 0. The van der Waals surface area contributed by atoms with Gasteiger partial charge in [0, 0.05) is 10.0 Å². The maximum absolute atomic E-state index is 6.03. The Labute approximate surface area is 129 Å². The Balaban J connectivity index is 2.18. The van der Waals surface area contributed by atoms with E-state index < -0.39 is 0 Å². The number of nitrogens with two attached hydrogens (primary N) is 1. The van der Waals surface area contributed by atoms with Crippen LogP contribution < -0.4 is 5.73 Å². The number of H-pyrrole nitrogens is 1. The largest absolute Gasteiger partial charge is 0.382 e. The Morgan fingerprint density at radius 3 is 2.50 bits per heavy atom. The molecular weight excluding hydrogens is 338 g/mol. The smallest absolute Gasteiger partial charge is 0.153 e. The molecule has 100 valence electrons. The number of nitrogens with one attached hydrogen (secondary N) is 1. The molecule has 3 rings (SSSR count). The molecule has 0 unspecified atom stereocenters. The number of hydrogen-bond donors (Lipinski definition) is 2. The van der Waals surface area contributed by atoms with E-state index in [1.54, 1.807) is 0 Å². The summed E-state index contributed by atoms with van der Waals surface area (Å²) in [5.74, 6) is 0.484. The van der Waals surface area contributed by atoms with Crippen molar-refractivity contribution in [1.82, 2.24) is 10.2 Å². The fourth-order valence-corrected chi connectivity index (χ4v) is 2.61. The first-order valence-electron chi connectivity index (χ1n) is 6.01. The van der Waals surface area contributed by atoms with Crippen molar-refractivity contribution in [1.29, 1.82) is 0 Å². The monoisotopic (exact) mass is 347 g/mol. The third-order valence-electron chi connectivity index (χ3n) is 3.07. The molecular formula is C15H11BrClN3. The minimum atomic E-state index is 0.484. The summed E-state index contributed by atoms with van der Waals surface area (Å²) in [5.41, 5.74) is 9.79. The number of anilines is 1. The molecule has 0 radical (unpaired) electrons. The van der Waals surface area contributed by atoms with Crippen LogP contribution in [0.15, 0.2) is 53.0 Å². The van der Waals surface area contributed by atoms with E-state index in [9.17, 15) is 0 Å². The number of aromatic nitrogens is 2. The molecule has 0 atom stereocenters. The van der Waals surface area contributed by atoms with Gasteiger partial charge >= 0.3 is 0 Å². The third-order valence-corrected chi connectivity index (χ3v) is 4.28. The van der Waals surface area contributed by atoms with Crippen LogP contribution in [0.25, 0.3) is 22.4 Å². The molecule has 0 saturated carbocycles. The van der Waals surface area contributed by atoms with Crippen LogP contribution in [0.1, 0.15) is 0 Å². The van der Waals surface area contributed by atoms with Crippen molar-refractivity contribution in [2.24, 2.45) is 0 Å². The molecule has 20 heavy (non-hydrogen) atoms. The molecule has 0 aliphatic rings. The highest BCUT2D eigenvalue weighted by molar-refractivity contribution is 9.10. The van der Waals surface area contributed by atoms with Crippen molar-refractivity contribution >= 4 is 33.3 Å². The van der Waals surface area contributed by atoms with E-state index in [0.29, 0.717) is 10.8 Å². The Morgan fingerprint density at radius 2 is 1.80 bits per heavy atom. The maximum Gasteiger partial charge on any atom is 0.153 e.